The summed E-state index contributed by atoms with van der Waals surface area (Å²) in [5.74, 6) is -0.229. The Morgan fingerprint density at radius 2 is 1.85 bits per heavy atom. The minimum Gasteiger partial charge on any atom is -0.349 e. The summed E-state index contributed by atoms with van der Waals surface area (Å²) in [5.41, 5.74) is 3.33. The Morgan fingerprint density at radius 3 is 2.65 bits per heavy atom. The Morgan fingerprint density at radius 1 is 1.08 bits per heavy atom. The average Bonchev–Trinajstić information content (AvgIpc) is 3.20. The van der Waals surface area contributed by atoms with Crippen LogP contribution in [-0.4, -0.2) is 34.3 Å². The molecule has 1 aromatic carbocycles. The van der Waals surface area contributed by atoms with Gasteiger partial charge in [-0.3, -0.25) is 14.6 Å². The van der Waals surface area contributed by atoms with Gasteiger partial charge < -0.3 is 10.2 Å². The second-order valence-electron chi connectivity index (χ2n) is 7.13. The van der Waals surface area contributed by atoms with Crippen LogP contribution in [-0.2, 0) is 13.0 Å². The maximum atomic E-state index is 12.9. The Kier molecular flexibility index (Phi) is 4.69. The van der Waals surface area contributed by atoms with Gasteiger partial charge in [0.1, 0.15) is 5.69 Å². The standard InChI is InChI=1S/C21H23N3O2/c25-20(23-18-7-3-4-8-18)16-9-11-22-19(13-16)21(26)24-12-10-15-5-1-2-6-17(15)14-24/h1-2,5-6,9,11,13,18H,3-4,7-8,10,12,14H2,(H,23,25). The van der Waals surface area contributed by atoms with E-state index >= 15 is 0 Å². The maximum Gasteiger partial charge on any atom is 0.272 e. The summed E-state index contributed by atoms with van der Waals surface area (Å²) in [6.45, 7) is 1.27. The Bertz CT molecular complexity index is 828. The largest absolute Gasteiger partial charge is 0.349 e. The molecular weight excluding hydrogens is 326 g/mol. The third kappa shape index (κ3) is 3.47. The van der Waals surface area contributed by atoms with Crippen molar-refractivity contribution in [1.82, 2.24) is 15.2 Å². The van der Waals surface area contributed by atoms with Crippen LogP contribution in [0.2, 0.25) is 0 Å². The number of amides is 2. The van der Waals surface area contributed by atoms with Crippen molar-refractivity contribution < 1.29 is 9.59 Å². The number of carbonyl (C=O) groups is 2. The number of pyridine rings is 1. The highest BCUT2D eigenvalue weighted by atomic mass is 16.2. The number of nitrogens with zero attached hydrogens (tertiary/aromatic N) is 2. The zero-order chi connectivity index (χ0) is 17.9. The van der Waals surface area contributed by atoms with E-state index in [0.29, 0.717) is 24.3 Å². The van der Waals surface area contributed by atoms with Gasteiger partial charge in [0.15, 0.2) is 0 Å². The van der Waals surface area contributed by atoms with Gasteiger partial charge in [-0.05, 0) is 42.5 Å². The second kappa shape index (κ2) is 7.28. The zero-order valence-electron chi connectivity index (χ0n) is 14.8. The van der Waals surface area contributed by atoms with Gasteiger partial charge in [-0.25, -0.2) is 0 Å². The number of nitrogens with one attached hydrogen (secondary N) is 1. The lowest BCUT2D eigenvalue weighted by Gasteiger charge is -2.28. The molecule has 0 unspecified atom stereocenters. The van der Waals surface area contributed by atoms with Gasteiger partial charge in [-0.15, -0.1) is 0 Å². The summed E-state index contributed by atoms with van der Waals surface area (Å²) in [6, 6.07) is 11.8. The molecule has 5 heteroatoms. The molecule has 1 N–H and O–H groups in total. The van der Waals surface area contributed by atoms with Crippen LogP contribution >= 0.6 is 0 Å². The predicted molar refractivity (Wildman–Crippen MR) is 98.8 cm³/mol. The molecule has 134 valence electrons. The van der Waals surface area contributed by atoms with Crippen LogP contribution in [0.1, 0.15) is 57.7 Å². The van der Waals surface area contributed by atoms with E-state index in [2.05, 4.69) is 22.4 Å². The molecule has 2 heterocycles. The van der Waals surface area contributed by atoms with E-state index in [0.717, 1.165) is 19.3 Å². The molecule has 1 fully saturated rings. The fraction of sp³-hybridized carbons (Fsp3) is 0.381. The smallest absolute Gasteiger partial charge is 0.272 e. The number of carbonyl (C=O) groups excluding carboxylic acids is 2. The van der Waals surface area contributed by atoms with E-state index in [1.54, 1.807) is 18.3 Å². The molecule has 26 heavy (non-hydrogen) atoms. The van der Waals surface area contributed by atoms with Gasteiger partial charge in [0.05, 0.1) is 0 Å². The number of hydrogen-bond acceptors (Lipinski definition) is 3. The number of hydrogen-bond donors (Lipinski definition) is 1. The molecule has 5 nitrogen and oxygen atoms in total. The van der Waals surface area contributed by atoms with Crippen molar-refractivity contribution in [3.8, 4) is 0 Å². The van der Waals surface area contributed by atoms with E-state index in [1.807, 2.05) is 17.0 Å². The average molecular weight is 349 g/mol. The normalized spacial score (nSPS) is 17.0. The lowest BCUT2D eigenvalue weighted by molar-refractivity contribution is 0.0728. The van der Waals surface area contributed by atoms with Crippen LogP contribution in [0.3, 0.4) is 0 Å². The van der Waals surface area contributed by atoms with Gasteiger partial charge in [-0.1, -0.05) is 37.1 Å². The first kappa shape index (κ1) is 16.8. The summed E-state index contributed by atoms with van der Waals surface area (Å²) < 4.78 is 0. The van der Waals surface area contributed by atoms with E-state index in [-0.39, 0.29) is 17.9 Å². The maximum absolute atomic E-state index is 12.9. The molecule has 0 atom stereocenters. The SMILES string of the molecule is O=C(NC1CCCC1)c1ccnc(C(=O)N2CCc3ccccc3C2)c1. The molecule has 2 aromatic rings. The van der Waals surface area contributed by atoms with Gasteiger partial charge in [-0.2, -0.15) is 0 Å². The first-order chi connectivity index (χ1) is 12.7. The van der Waals surface area contributed by atoms with Crippen molar-refractivity contribution in [3.63, 3.8) is 0 Å². The molecule has 2 aliphatic rings. The highest BCUT2D eigenvalue weighted by molar-refractivity contribution is 5.98. The molecule has 4 rings (SSSR count). The van der Waals surface area contributed by atoms with Gasteiger partial charge in [0.2, 0.25) is 0 Å². The number of rotatable bonds is 3. The summed E-state index contributed by atoms with van der Waals surface area (Å²) in [5, 5.41) is 3.06. The molecule has 1 aliphatic carbocycles. The molecule has 0 bridgehead atoms. The third-order valence-electron chi connectivity index (χ3n) is 5.35. The molecule has 1 aromatic heterocycles. The molecule has 1 aliphatic heterocycles. The fourth-order valence-corrected chi connectivity index (χ4v) is 3.86. The van der Waals surface area contributed by atoms with Crippen molar-refractivity contribution in [1.29, 1.82) is 0 Å². The molecule has 0 radical (unpaired) electrons. The van der Waals surface area contributed by atoms with Gasteiger partial charge >= 0.3 is 0 Å². The zero-order valence-corrected chi connectivity index (χ0v) is 14.8. The molecule has 2 amide bonds. The van der Waals surface area contributed by atoms with E-state index in [1.165, 1.54) is 24.0 Å². The number of fused-ring (bicyclic) bond motifs is 1. The summed E-state index contributed by atoms with van der Waals surface area (Å²) in [4.78, 5) is 31.3. The highest BCUT2D eigenvalue weighted by Crippen LogP contribution is 2.21. The van der Waals surface area contributed by atoms with Crippen LogP contribution in [0.25, 0.3) is 0 Å². The molecule has 0 saturated heterocycles. The van der Waals surface area contributed by atoms with E-state index in [9.17, 15) is 9.59 Å². The second-order valence-corrected chi connectivity index (χ2v) is 7.13. The molecular formula is C21H23N3O2. The highest BCUT2D eigenvalue weighted by Gasteiger charge is 2.24. The first-order valence-electron chi connectivity index (χ1n) is 9.34. The number of aromatic nitrogens is 1. The van der Waals surface area contributed by atoms with Crippen LogP contribution < -0.4 is 5.32 Å². The van der Waals surface area contributed by atoms with Crippen molar-refractivity contribution in [2.75, 3.05) is 6.54 Å². The van der Waals surface area contributed by atoms with Crippen LogP contribution in [0, 0.1) is 0 Å². The van der Waals surface area contributed by atoms with E-state index < -0.39 is 0 Å². The van der Waals surface area contributed by atoms with Crippen molar-refractivity contribution in [2.45, 2.75) is 44.7 Å². The molecule has 1 saturated carbocycles. The fourth-order valence-electron chi connectivity index (χ4n) is 3.86. The van der Waals surface area contributed by atoms with E-state index in [4.69, 9.17) is 0 Å². The first-order valence-corrected chi connectivity index (χ1v) is 9.34. The van der Waals surface area contributed by atoms with Gasteiger partial charge in [0.25, 0.3) is 11.8 Å². The Balaban J connectivity index is 1.47. The van der Waals surface area contributed by atoms with Crippen LogP contribution in [0.4, 0.5) is 0 Å². The quantitative estimate of drug-likeness (QED) is 0.927. The minimum absolute atomic E-state index is 0.114. The van der Waals surface area contributed by atoms with Crippen LogP contribution in [0.5, 0.6) is 0 Å². The third-order valence-corrected chi connectivity index (χ3v) is 5.35. The molecule has 0 spiro atoms. The number of benzene rings is 1. The van der Waals surface area contributed by atoms with Crippen LogP contribution in [0.15, 0.2) is 42.6 Å². The lowest BCUT2D eigenvalue weighted by atomic mass is 9.99. The summed E-state index contributed by atoms with van der Waals surface area (Å²) >= 11 is 0. The summed E-state index contributed by atoms with van der Waals surface area (Å²) in [6.07, 6.45) is 6.81. The minimum atomic E-state index is -0.116. The van der Waals surface area contributed by atoms with Crippen molar-refractivity contribution in [2.24, 2.45) is 0 Å². The van der Waals surface area contributed by atoms with Gasteiger partial charge in [0, 0.05) is 30.9 Å². The lowest BCUT2D eigenvalue weighted by Crippen LogP contribution is -2.37. The predicted octanol–water partition coefficient (Wildman–Crippen LogP) is 2.95. The van der Waals surface area contributed by atoms with Crippen molar-refractivity contribution in [3.05, 3.63) is 65.0 Å². The monoisotopic (exact) mass is 349 g/mol. The topological polar surface area (TPSA) is 62.3 Å². The Labute approximate surface area is 153 Å². The summed E-state index contributed by atoms with van der Waals surface area (Å²) in [7, 11) is 0. The Hall–Kier alpha value is -2.69. The van der Waals surface area contributed by atoms with Crippen molar-refractivity contribution >= 4 is 11.8 Å².